The predicted molar refractivity (Wildman–Crippen MR) is 69.5 cm³/mol. The van der Waals surface area contributed by atoms with Gasteiger partial charge < -0.3 is 10.5 Å². The molecule has 2 aromatic rings. The molecule has 1 aromatic carbocycles. The van der Waals surface area contributed by atoms with Gasteiger partial charge in [0, 0.05) is 6.42 Å². The van der Waals surface area contributed by atoms with E-state index < -0.39 is 0 Å². The Morgan fingerprint density at radius 2 is 1.78 bits per heavy atom. The molecule has 0 amide bonds. The van der Waals surface area contributed by atoms with E-state index in [0.29, 0.717) is 17.9 Å². The van der Waals surface area contributed by atoms with Gasteiger partial charge in [-0.25, -0.2) is 15.0 Å². The highest BCUT2D eigenvalue weighted by atomic mass is 16.5. The Hall–Kier alpha value is -2.17. The van der Waals surface area contributed by atoms with Gasteiger partial charge in [0.15, 0.2) is 0 Å². The minimum atomic E-state index is 0.623. The van der Waals surface area contributed by atoms with Crippen molar-refractivity contribution in [2.45, 2.75) is 20.3 Å². The van der Waals surface area contributed by atoms with E-state index in [-0.39, 0.29) is 0 Å². The zero-order chi connectivity index (χ0) is 13.1. The molecule has 18 heavy (non-hydrogen) atoms. The second-order valence-corrected chi connectivity index (χ2v) is 4.10. The Morgan fingerprint density at radius 1 is 1.11 bits per heavy atom. The summed E-state index contributed by atoms with van der Waals surface area (Å²) in [6.45, 7) is 3.72. The first kappa shape index (κ1) is 12.3. The van der Waals surface area contributed by atoms with Crippen molar-refractivity contribution >= 4 is 5.69 Å². The Balaban J connectivity index is 2.25. The summed E-state index contributed by atoms with van der Waals surface area (Å²) in [5.74, 6) is 2.91. The van der Waals surface area contributed by atoms with E-state index in [4.69, 9.17) is 10.5 Å². The number of aromatic nitrogens is 3. The average molecular weight is 244 g/mol. The van der Waals surface area contributed by atoms with Crippen LogP contribution in [0.2, 0.25) is 0 Å². The molecule has 2 rings (SSSR count). The molecule has 0 radical (unpaired) electrons. The molecule has 0 aliphatic carbocycles. The van der Waals surface area contributed by atoms with Gasteiger partial charge in [0.1, 0.15) is 23.2 Å². The van der Waals surface area contributed by atoms with E-state index in [9.17, 15) is 0 Å². The normalized spacial score (nSPS) is 10.4. The number of hydrogen-bond donors (Lipinski definition) is 1. The molecular formula is C13H16N4O. The van der Waals surface area contributed by atoms with Crippen molar-refractivity contribution in [3.05, 3.63) is 41.2 Å². The maximum Gasteiger partial charge on any atom is 0.141 e. The SMILES string of the molecule is COc1ccc(Cc2nc(C)nc(C)n2)cc1N. The number of rotatable bonds is 3. The molecule has 1 heterocycles. The molecule has 0 saturated carbocycles. The minimum absolute atomic E-state index is 0.623. The van der Waals surface area contributed by atoms with E-state index in [0.717, 1.165) is 23.0 Å². The Kier molecular flexibility index (Phi) is 3.41. The molecule has 94 valence electrons. The van der Waals surface area contributed by atoms with Gasteiger partial charge >= 0.3 is 0 Å². The van der Waals surface area contributed by atoms with Crippen molar-refractivity contribution in [2.75, 3.05) is 12.8 Å². The molecule has 0 aliphatic rings. The monoisotopic (exact) mass is 244 g/mol. The van der Waals surface area contributed by atoms with Gasteiger partial charge in [-0.2, -0.15) is 0 Å². The number of nitrogens with two attached hydrogens (primary N) is 1. The number of hydrogen-bond acceptors (Lipinski definition) is 5. The number of nitrogens with zero attached hydrogens (tertiary/aromatic N) is 3. The maximum absolute atomic E-state index is 5.87. The fourth-order valence-electron chi connectivity index (χ4n) is 1.84. The molecule has 0 unspecified atom stereocenters. The summed E-state index contributed by atoms with van der Waals surface area (Å²) in [4.78, 5) is 12.8. The summed E-state index contributed by atoms with van der Waals surface area (Å²) in [7, 11) is 1.60. The lowest BCUT2D eigenvalue weighted by molar-refractivity contribution is 0.417. The van der Waals surface area contributed by atoms with E-state index in [2.05, 4.69) is 15.0 Å². The summed E-state index contributed by atoms with van der Waals surface area (Å²) in [5.41, 5.74) is 7.54. The van der Waals surface area contributed by atoms with Crippen LogP contribution in [0.15, 0.2) is 18.2 Å². The van der Waals surface area contributed by atoms with Crippen LogP contribution in [-0.2, 0) is 6.42 Å². The Morgan fingerprint density at radius 3 is 2.33 bits per heavy atom. The van der Waals surface area contributed by atoms with Crippen LogP contribution in [-0.4, -0.2) is 22.1 Å². The minimum Gasteiger partial charge on any atom is -0.495 e. The number of methoxy groups -OCH3 is 1. The van der Waals surface area contributed by atoms with Crippen molar-refractivity contribution < 1.29 is 4.74 Å². The molecule has 0 atom stereocenters. The fraction of sp³-hybridized carbons (Fsp3) is 0.308. The lowest BCUT2D eigenvalue weighted by atomic mass is 10.1. The van der Waals surface area contributed by atoms with Gasteiger partial charge in [-0.1, -0.05) is 6.07 Å². The van der Waals surface area contributed by atoms with Crippen LogP contribution in [0.3, 0.4) is 0 Å². The van der Waals surface area contributed by atoms with Gasteiger partial charge in [0.25, 0.3) is 0 Å². The summed E-state index contributed by atoms with van der Waals surface area (Å²) in [5, 5.41) is 0. The second-order valence-electron chi connectivity index (χ2n) is 4.10. The maximum atomic E-state index is 5.87. The van der Waals surface area contributed by atoms with Crippen LogP contribution in [0.25, 0.3) is 0 Å². The third kappa shape index (κ3) is 2.74. The molecule has 0 saturated heterocycles. The quantitative estimate of drug-likeness (QED) is 0.831. The molecule has 5 heteroatoms. The van der Waals surface area contributed by atoms with Crippen molar-refractivity contribution in [2.24, 2.45) is 0 Å². The molecule has 1 aromatic heterocycles. The van der Waals surface area contributed by atoms with Crippen molar-refractivity contribution in [3.63, 3.8) is 0 Å². The zero-order valence-corrected chi connectivity index (χ0v) is 10.8. The smallest absolute Gasteiger partial charge is 0.141 e. The average Bonchev–Trinajstić information content (AvgIpc) is 2.27. The summed E-state index contributed by atoms with van der Waals surface area (Å²) >= 11 is 0. The molecule has 0 bridgehead atoms. The first-order chi connectivity index (χ1) is 8.58. The molecule has 0 fully saturated rings. The van der Waals surface area contributed by atoms with Crippen LogP contribution in [0.5, 0.6) is 5.75 Å². The molecule has 5 nitrogen and oxygen atoms in total. The van der Waals surface area contributed by atoms with Crippen LogP contribution in [0.4, 0.5) is 5.69 Å². The van der Waals surface area contributed by atoms with Gasteiger partial charge in [-0.05, 0) is 31.5 Å². The lowest BCUT2D eigenvalue weighted by Gasteiger charge is -2.07. The van der Waals surface area contributed by atoms with Gasteiger partial charge in [0.2, 0.25) is 0 Å². The number of anilines is 1. The van der Waals surface area contributed by atoms with Crippen LogP contribution in [0.1, 0.15) is 23.0 Å². The third-order valence-electron chi connectivity index (χ3n) is 2.56. The van der Waals surface area contributed by atoms with Gasteiger partial charge in [-0.3, -0.25) is 0 Å². The van der Waals surface area contributed by atoms with E-state index in [1.807, 2.05) is 32.0 Å². The van der Waals surface area contributed by atoms with E-state index >= 15 is 0 Å². The Labute approximate surface area is 106 Å². The number of aryl methyl sites for hydroxylation is 2. The Bertz CT molecular complexity index is 549. The molecular weight excluding hydrogens is 228 g/mol. The third-order valence-corrected chi connectivity index (χ3v) is 2.56. The van der Waals surface area contributed by atoms with Crippen molar-refractivity contribution in [1.82, 2.24) is 15.0 Å². The van der Waals surface area contributed by atoms with Crippen LogP contribution < -0.4 is 10.5 Å². The molecule has 2 N–H and O–H groups in total. The first-order valence-electron chi connectivity index (χ1n) is 5.69. The van der Waals surface area contributed by atoms with Gasteiger partial charge in [0.05, 0.1) is 12.8 Å². The van der Waals surface area contributed by atoms with E-state index in [1.165, 1.54) is 0 Å². The number of nitrogen functional groups attached to an aromatic ring is 1. The zero-order valence-electron chi connectivity index (χ0n) is 10.8. The predicted octanol–water partition coefficient (Wildman–Crippen LogP) is 1.67. The largest absolute Gasteiger partial charge is 0.495 e. The van der Waals surface area contributed by atoms with Crippen molar-refractivity contribution in [1.29, 1.82) is 0 Å². The fourth-order valence-corrected chi connectivity index (χ4v) is 1.84. The lowest BCUT2D eigenvalue weighted by Crippen LogP contribution is -2.04. The highest BCUT2D eigenvalue weighted by Gasteiger charge is 2.05. The highest BCUT2D eigenvalue weighted by Crippen LogP contribution is 2.22. The summed E-state index contributed by atoms with van der Waals surface area (Å²) in [6, 6.07) is 5.70. The van der Waals surface area contributed by atoms with Crippen LogP contribution in [0, 0.1) is 13.8 Å². The first-order valence-corrected chi connectivity index (χ1v) is 5.69. The number of ether oxygens (including phenoxy) is 1. The topological polar surface area (TPSA) is 73.9 Å². The summed E-state index contributed by atoms with van der Waals surface area (Å²) in [6.07, 6.45) is 0.637. The van der Waals surface area contributed by atoms with Crippen molar-refractivity contribution in [3.8, 4) is 5.75 Å². The summed E-state index contributed by atoms with van der Waals surface area (Å²) < 4.78 is 5.12. The standard InChI is InChI=1S/C13H16N4O/c1-8-15-9(2)17-13(16-8)7-10-4-5-12(18-3)11(14)6-10/h4-6H,7,14H2,1-3H3. The second kappa shape index (κ2) is 5.00. The highest BCUT2D eigenvalue weighted by molar-refractivity contribution is 5.54. The van der Waals surface area contributed by atoms with Gasteiger partial charge in [-0.15, -0.1) is 0 Å². The van der Waals surface area contributed by atoms with E-state index in [1.54, 1.807) is 7.11 Å². The molecule has 0 aliphatic heterocycles. The van der Waals surface area contributed by atoms with Crippen LogP contribution >= 0.6 is 0 Å². The number of benzene rings is 1. The molecule has 0 spiro atoms.